The first-order valence-electron chi connectivity index (χ1n) is 5.79. The van der Waals surface area contributed by atoms with Gasteiger partial charge in [0.25, 0.3) is 0 Å². The van der Waals surface area contributed by atoms with Crippen LogP contribution in [0.3, 0.4) is 0 Å². The van der Waals surface area contributed by atoms with Gasteiger partial charge in [-0.15, -0.1) is 0 Å². The Morgan fingerprint density at radius 1 is 1.00 bits per heavy atom. The van der Waals surface area contributed by atoms with Gasteiger partial charge in [-0.2, -0.15) is 13.2 Å². The first kappa shape index (κ1) is 15.5. The summed E-state index contributed by atoms with van der Waals surface area (Å²) < 4.78 is 49.8. The molecule has 2 rings (SSSR count). The molecule has 0 bridgehead atoms. The molecule has 0 aliphatic carbocycles. The Bertz CT molecular complexity index is 659. The lowest BCUT2D eigenvalue weighted by Gasteiger charge is -2.16. The summed E-state index contributed by atoms with van der Waals surface area (Å²) in [5, 5.41) is 0. The van der Waals surface area contributed by atoms with Gasteiger partial charge in [-0.25, -0.2) is 0 Å². The van der Waals surface area contributed by atoms with E-state index in [4.69, 9.17) is 15.2 Å². The topological polar surface area (TPSA) is 44.5 Å². The van der Waals surface area contributed by atoms with Gasteiger partial charge in [0.15, 0.2) is 11.5 Å². The Morgan fingerprint density at radius 3 is 2.29 bits per heavy atom. The van der Waals surface area contributed by atoms with Crippen molar-refractivity contribution in [1.29, 1.82) is 0 Å². The van der Waals surface area contributed by atoms with Crippen LogP contribution in [-0.2, 0) is 6.18 Å². The molecule has 7 heteroatoms. The van der Waals surface area contributed by atoms with Crippen molar-refractivity contribution < 1.29 is 22.6 Å². The number of benzene rings is 2. The Morgan fingerprint density at radius 2 is 1.67 bits per heavy atom. The molecule has 0 spiro atoms. The zero-order valence-corrected chi connectivity index (χ0v) is 12.5. The van der Waals surface area contributed by atoms with Gasteiger partial charge in [0.1, 0.15) is 5.75 Å². The van der Waals surface area contributed by atoms with E-state index in [2.05, 4.69) is 15.9 Å². The highest BCUT2D eigenvalue weighted by molar-refractivity contribution is 9.10. The summed E-state index contributed by atoms with van der Waals surface area (Å²) in [5.41, 5.74) is 5.14. The average Bonchev–Trinajstić information content (AvgIpc) is 2.41. The molecule has 21 heavy (non-hydrogen) atoms. The largest absolute Gasteiger partial charge is 0.493 e. The minimum atomic E-state index is -4.53. The molecule has 0 amide bonds. The van der Waals surface area contributed by atoms with E-state index in [-0.39, 0.29) is 17.2 Å². The van der Waals surface area contributed by atoms with E-state index < -0.39 is 11.7 Å². The molecule has 112 valence electrons. The molecule has 0 saturated heterocycles. The zero-order valence-electron chi connectivity index (χ0n) is 10.9. The van der Waals surface area contributed by atoms with E-state index in [0.717, 1.165) is 6.07 Å². The Balaban J connectivity index is 2.45. The maximum atomic E-state index is 13.0. The highest BCUT2D eigenvalue weighted by atomic mass is 79.9. The molecule has 0 unspecified atom stereocenters. The molecule has 0 aliphatic heterocycles. The maximum Gasteiger partial charge on any atom is 0.420 e. The fourth-order valence-electron chi connectivity index (χ4n) is 1.70. The number of halogens is 4. The van der Waals surface area contributed by atoms with Gasteiger partial charge in [-0.3, -0.25) is 0 Å². The van der Waals surface area contributed by atoms with E-state index >= 15 is 0 Å². The minimum absolute atomic E-state index is 0.152. The summed E-state index contributed by atoms with van der Waals surface area (Å²) in [6.45, 7) is 0. The predicted molar refractivity (Wildman–Crippen MR) is 76.6 cm³/mol. The van der Waals surface area contributed by atoms with E-state index in [1.54, 1.807) is 0 Å². The van der Waals surface area contributed by atoms with Gasteiger partial charge in [0.05, 0.1) is 12.7 Å². The third-order valence-corrected chi connectivity index (χ3v) is 3.15. The van der Waals surface area contributed by atoms with Crippen LogP contribution in [0, 0.1) is 0 Å². The number of hydrogen-bond acceptors (Lipinski definition) is 3. The molecular formula is C14H11BrF3NO2. The smallest absolute Gasteiger partial charge is 0.420 e. The van der Waals surface area contributed by atoms with Gasteiger partial charge in [0.2, 0.25) is 0 Å². The fraction of sp³-hybridized carbons (Fsp3) is 0.143. The number of ether oxygens (including phenoxy) is 2. The standard InChI is InChI=1S/C14H11BrF3NO2/c1-20-13-7-9(19)3-5-12(13)21-11-4-2-8(15)6-10(11)14(16,17)18/h2-7H,19H2,1H3. The van der Waals surface area contributed by atoms with Crippen molar-refractivity contribution in [2.45, 2.75) is 6.18 Å². The number of rotatable bonds is 3. The van der Waals surface area contributed by atoms with Crippen molar-refractivity contribution in [3.05, 3.63) is 46.4 Å². The second-order valence-electron chi connectivity index (χ2n) is 4.15. The lowest BCUT2D eigenvalue weighted by molar-refractivity contribution is -0.138. The molecule has 0 atom stereocenters. The highest BCUT2D eigenvalue weighted by Crippen LogP contribution is 2.41. The molecular weight excluding hydrogens is 351 g/mol. The molecule has 0 fully saturated rings. The van der Waals surface area contributed by atoms with Crippen molar-refractivity contribution in [1.82, 2.24) is 0 Å². The van der Waals surface area contributed by atoms with Crippen LogP contribution >= 0.6 is 15.9 Å². The van der Waals surface area contributed by atoms with Crippen LogP contribution in [0.5, 0.6) is 17.2 Å². The van der Waals surface area contributed by atoms with Crippen molar-refractivity contribution in [3.63, 3.8) is 0 Å². The van der Waals surface area contributed by atoms with Crippen molar-refractivity contribution in [3.8, 4) is 17.2 Å². The quantitative estimate of drug-likeness (QED) is 0.794. The second kappa shape index (κ2) is 5.85. The van der Waals surface area contributed by atoms with Gasteiger partial charge < -0.3 is 15.2 Å². The minimum Gasteiger partial charge on any atom is -0.493 e. The van der Waals surface area contributed by atoms with Crippen molar-refractivity contribution >= 4 is 21.6 Å². The normalized spacial score (nSPS) is 11.3. The summed E-state index contributed by atoms with van der Waals surface area (Å²) in [4.78, 5) is 0. The Hall–Kier alpha value is -1.89. The molecule has 0 aromatic heterocycles. The molecule has 0 heterocycles. The molecule has 2 aromatic carbocycles. The lowest BCUT2D eigenvalue weighted by atomic mass is 10.2. The molecule has 2 aromatic rings. The average molecular weight is 362 g/mol. The monoisotopic (exact) mass is 361 g/mol. The molecule has 3 nitrogen and oxygen atoms in total. The van der Waals surface area contributed by atoms with Gasteiger partial charge in [-0.1, -0.05) is 15.9 Å². The summed E-state index contributed by atoms with van der Waals surface area (Å²) in [6.07, 6.45) is -4.53. The van der Waals surface area contributed by atoms with Gasteiger partial charge in [-0.05, 0) is 30.3 Å². The van der Waals surface area contributed by atoms with Gasteiger partial charge in [0, 0.05) is 16.2 Å². The molecule has 0 aliphatic rings. The number of hydrogen-bond donors (Lipinski definition) is 1. The van der Waals surface area contributed by atoms with Crippen LogP contribution in [-0.4, -0.2) is 7.11 Å². The van der Waals surface area contributed by atoms with E-state index in [9.17, 15) is 13.2 Å². The van der Waals surface area contributed by atoms with E-state index in [0.29, 0.717) is 10.2 Å². The van der Waals surface area contributed by atoms with Crippen molar-refractivity contribution in [2.24, 2.45) is 0 Å². The summed E-state index contributed by atoms with van der Waals surface area (Å²) >= 11 is 3.02. The second-order valence-corrected chi connectivity index (χ2v) is 5.07. The van der Waals surface area contributed by atoms with Crippen LogP contribution in [0.15, 0.2) is 40.9 Å². The number of nitrogen functional groups attached to an aromatic ring is 1. The maximum absolute atomic E-state index is 13.0. The summed E-state index contributed by atoms with van der Waals surface area (Å²) in [7, 11) is 1.38. The lowest BCUT2D eigenvalue weighted by Crippen LogP contribution is -2.07. The van der Waals surface area contributed by atoms with Crippen LogP contribution < -0.4 is 15.2 Å². The number of methoxy groups -OCH3 is 1. The third kappa shape index (κ3) is 3.60. The van der Waals surface area contributed by atoms with E-state index in [1.165, 1.54) is 37.4 Å². The fourth-order valence-corrected chi connectivity index (χ4v) is 2.06. The van der Waals surface area contributed by atoms with Gasteiger partial charge >= 0.3 is 6.18 Å². The Kier molecular flexibility index (Phi) is 4.32. The van der Waals surface area contributed by atoms with Crippen LogP contribution in [0.4, 0.5) is 18.9 Å². The zero-order chi connectivity index (χ0) is 15.6. The highest BCUT2D eigenvalue weighted by Gasteiger charge is 2.35. The first-order chi connectivity index (χ1) is 9.81. The molecule has 0 radical (unpaired) electrons. The Labute approximate surface area is 127 Å². The molecule has 0 saturated carbocycles. The predicted octanol–water partition coefficient (Wildman–Crippen LogP) is 4.85. The van der Waals surface area contributed by atoms with E-state index in [1.807, 2.05) is 0 Å². The third-order valence-electron chi connectivity index (χ3n) is 2.65. The number of alkyl halides is 3. The van der Waals surface area contributed by atoms with Crippen LogP contribution in [0.1, 0.15) is 5.56 Å². The summed E-state index contributed by atoms with van der Waals surface area (Å²) in [6, 6.07) is 8.11. The number of nitrogens with two attached hydrogens (primary N) is 1. The summed E-state index contributed by atoms with van der Waals surface area (Å²) in [5.74, 6) is 0.0966. The van der Waals surface area contributed by atoms with Crippen LogP contribution in [0.2, 0.25) is 0 Å². The first-order valence-corrected chi connectivity index (χ1v) is 6.58. The SMILES string of the molecule is COc1cc(N)ccc1Oc1ccc(Br)cc1C(F)(F)F. The molecule has 2 N–H and O–H groups in total. The van der Waals surface area contributed by atoms with Crippen LogP contribution in [0.25, 0.3) is 0 Å². The number of anilines is 1. The van der Waals surface area contributed by atoms with Crippen molar-refractivity contribution in [2.75, 3.05) is 12.8 Å².